The van der Waals surface area contributed by atoms with Gasteiger partial charge in [-0.1, -0.05) is 18.5 Å². The number of anilines is 1. The largest absolute Gasteiger partial charge is 0.364 e. The fourth-order valence-electron chi connectivity index (χ4n) is 1.03. The normalized spacial score (nSPS) is 10.9. The summed E-state index contributed by atoms with van der Waals surface area (Å²) in [6.45, 7) is 6.20. The van der Waals surface area contributed by atoms with Crippen LogP contribution in [0.2, 0.25) is 5.02 Å². The molecular formula is C11H14ClN3. The van der Waals surface area contributed by atoms with Crippen molar-refractivity contribution >= 4 is 17.4 Å². The molecule has 15 heavy (non-hydrogen) atoms. The summed E-state index contributed by atoms with van der Waals surface area (Å²) < 4.78 is 0. The Kier molecular flexibility index (Phi) is 3.54. The van der Waals surface area contributed by atoms with Gasteiger partial charge in [-0.05, 0) is 26.3 Å². The Balaban J connectivity index is 3.02. The average Bonchev–Trinajstić information content (AvgIpc) is 2.21. The fraction of sp³-hybridized carbons (Fsp3) is 0.455. The fourth-order valence-corrected chi connectivity index (χ4v) is 1.23. The van der Waals surface area contributed by atoms with Gasteiger partial charge < -0.3 is 5.32 Å². The summed E-state index contributed by atoms with van der Waals surface area (Å²) in [5.41, 5.74) is 0.367. The molecule has 0 aliphatic carbocycles. The Hall–Kier alpha value is -1.27. The van der Waals surface area contributed by atoms with Crippen molar-refractivity contribution in [2.75, 3.05) is 5.32 Å². The highest BCUT2D eigenvalue weighted by molar-refractivity contribution is 6.34. The molecule has 0 bridgehead atoms. The Morgan fingerprint density at radius 1 is 1.60 bits per heavy atom. The number of pyridine rings is 1. The van der Waals surface area contributed by atoms with Crippen LogP contribution in [0, 0.1) is 11.3 Å². The lowest BCUT2D eigenvalue weighted by Gasteiger charge is -2.25. The van der Waals surface area contributed by atoms with Gasteiger partial charge in [-0.3, -0.25) is 0 Å². The monoisotopic (exact) mass is 223 g/mol. The first-order chi connectivity index (χ1) is 7.00. The highest BCUT2D eigenvalue weighted by atomic mass is 35.5. The standard InChI is InChI=1S/C11H14ClN3/c1-4-11(2,3)15-10-9(12)8(7-13)5-6-14-10/h5-6H,4H2,1-3H3,(H,14,15). The van der Waals surface area contributed by atoms with Crippen molar-refractivity contribution in [1.82, 2.24) is 4.98 Å². The lowest BCUT2D eigenvalue weighted by atomic mass is 10.0. The molecule has 4 heteroatoms. The van der Waals surface area contributed by atoms with Gasteiger partial charge in [0.15, 0.2) is 0 Å². The van der Waals surface area contributed by atoms with Gasteiger partial charge in [-0.2, -0.15) is 5.26 Å². The van der Waals surface area contributed by atoms with Crippen LogP contribution in [-0.2, 0) is 0 Å². The first-order valence-corrected chi connectivity index (χ1v) is 5.21. The van der Waals surface area contributed by atoms with Crippen molar-refractivity contribution < 1.29 is 0 Å². The zero-order chi connectivity index (χ0) is 11.5. The Morgan fingerprint density at radius 2 is 2.27 bits per heavy atom. The van der Waals surface area contributed by atoms with E-state index in [4.69, 9.17) is 16.9 Å². The van der Waals surface area contributed by atoms with Crippen LogP contribution >= 0.6 is 11.6 Å². The molecule has 1 aromatic heterocycles. The molecule has 0 fully saturated rings. The number of rotatable bonds is 3. The molecule has 0 atom stereocenters. The molecule has 1 N–H and O–H groups in total. The van der Waals surface area contributed by atoms with Crippen LogP contribution in [0.5, 0.6) is 0 Å². The Bertz CT molecular complexity index is 393. The van der Waals surface area contributed by atoms with E-state index < -0.39 is 0 Å². The molecule has 80 valence electrons. The van der Waals surface area contributed by atoms with Crippen LogP contribution in [-0.4, -0.2) is 10.5 Å². The molecule has 1 aromatic rings. The van der Waals surface area contributed by atoms with E-state index in [2.05, 4.69) is 31.1 Å². The molecule has 3 nitrogen and oxygen atoms in total. The van der Waals surface area contributed by atoms with Gasteiger partial charge in [0.1, 0.15) is 16.9 Å². The third-order valence-electron chi connectivity index (χ3n) is 2.35. The van der Waals surface area contributed by atoms with Crippen LogP contribution in [0.4, 0.5) is 5.82 Å². The summed E-state index contributed by atoms with van der Waals surface area (Å²) in [5, 5.41) is 12.4. The van der Waals surface area contributed by atoms with Crippen molar-refractivity contribution in [3.63, 3.8) is 0 Å². The maximum absolute atomic E-state index is 8.81. The highest BCUT2D eigenvalue weighted by Gasteiger charge is 2.17. The lowest BCUT2D eigenvalue weighted by molar-refractivity contribution is 0.545. The maximum Gasteiger partial charge on any atom is 0.146 e. The van der Waals surface area contributed by atoms with Crippen molar-refractivity contribution in [3.8, 4) is 6.07 Å². The molecule has 1 heterocycles. The van der Waals surface area contributed by atoms with Crippen LogP contribution in [0.3, 0.4) is 0 Å². The minimum atomic E-state index is -0.0787. The minimum absolute atomic E-state index is 0.0787. The molecule has 1 rings (SSSR count). The summed E-state index contributed by atoms with van der Waals surface area (Å²) in [5.74, 6) is 0.572. The molecule has 0 aromatic carbocycles. The zero-order valence-corrected chi connectivity index (χ0v) is 9.89. The van der Waals surface area contributed by atoms with Gasteiger partial charge in [0.05, 0.1) is 5.56 Å². The van der Waals surface area contributed by atoms with Crippen LogP contribution in [0.25, 0.3) is 0 Å². The van der Waals surface area contributed by atoms with Gasteiger partial charge >= 0.3 is 0 Å². The molecule has 0 radical (unpaired) electrons. The minimum Gasteiger partial charge on any atom is -0.364 e. The molecule has 0 amide bonds. The zero-order valence-electron chi connectivity index (χ0n) is 9.13. The lowest BCUT2D eigenvalue weighted by Crippen LogP contribution is -2.30. The van der Waals surface area contributed by atoms with Gasteiger partial charge in [0.25, 0.3) is 0 Å². The summed E-state index contributed by atoms with van der Waals surface area (Å²) >= 11 is 6.02. The molecule has 0 saturated heterocycles. The Labute approximate surface area is 95.1 Å². The van der Waals surface area contributed by atoms with Gasteiger partial charge in [-0.25, -0.2) is 4.98 Å². The predicted molar refractivity (Wildman–Crippen MR) is 62.0 cm³/mol. The number of nitriles is 1. The van der Waals surface area contributed by atoms with E-state index in [9.17, 15) is 0 Å². The van der Waals surface area contributed by atoms with Crippen LogP contribution < -0.4 is 5.32 Å². The van der Waals surface area contributed by atoms with E-state index in [-0.39, 0.29) is 5.54 Å². The molecule has 0 unspecified atom stereocenters. The first kappa shape index (κ1) is 11.8. The number of halogens is 1. The van der Waals surface area contributed by atoms with Crippen molar-refractivity contribution in [3.05, 3.63) is 22.8 Å². The van der Waals surface area contributed by atoms with Crippen molar-refractivity contribution in [1.29, 1.82) is 5.26 Å². The first-order valence-electron chi connectivity index (χ1n) is 4.83. The van der Waals surface area contributed by atoms with Crippen molar-refractivity contribution in [2.45, 2.75) is 32.7 Å². The Morgan fingerprint density at radius 3 is 2.80 bits per heavy atom. The summed E-state index contributed by atoms with van der Waals surface area (Å²) in [4.78, 5) is 4.13. The van der Waals surface area contributed by atoms with E-state index in [1.807, 2.05) is 6.07 Å². The number of nitrogens with zero attached hydrogens (tertiary/aromatic N) is 2. The second-order valence-corrected chi connectivity index (χ2v) is 4.37. The van der Waals surface area contributed by atoms with E-state index in [0.29, 0.717) is 16.4 Å². The third-order valence-corrected chi connectivity index (χ3v) is 2.73. The summed E-state index contributed by atoms with van der Waals surface area (Å²) in [6.07, 6.45) is 2.53. The maximum atomic E-state index is 8.81. The quantitative estimate of drug-likeness (QED) is 0.856. The average molecular weight is 224 g/mol. The molecule has 0 spiro atoms. The number of hydrogen-bond donors (Lipinski definition) is 1. The number of hydrogen-bond acceptors (Lipinski definition) is 3. The van der Waals surface area contributed by atoms with Crippen LogP contribution in [0.1, 0.15) is 32.8 Å². The summed E-state index contributed by atoms with van der Waals surface area (Å²) in [7, 11) is 0. The second kappa shape index (κ2) is 4.50. The molecule has 0 saturated carbocycles. The van der Waals surface area contributed by atoms with E-state index in [1.165, 1.54) is 0 Å². The highest BCUT2D eigenvalue weighted by Crippen LogP contribution is 2.26. The van der Waals surface area contributed by atoms with Crippen LogP contribution in [0.15, 0.2) is 12.3 Å². The van der Waals surface area contributed by atoms with E-state index >= 15 is 0 Å². The predicted octanol–water partition coefficient (Wildman–Crippen LogP) is 3.21. The van der Waals surface area contributed by atoms with Gasteiger partial charge in [-0.15, -0.1) is 0 Å². The SMILES string of the molecule is CCC(C)(C)Nc1nccc(C#N)c1Cl. The second-order valence-electron chi connectivity index (χ2n) is 4.00. The van der Waals surface area contributed by atoms with E-state index in [0.717, 1.165) is 6.42 Å². The molecule has 0 aliphatic rings. The number of nitrogens with one attached hydrogen (secondary N) is 1. The topological polar surface area (TPSA) is 48.7 Å². The number of aromatic nitrogens is 1. The van der Waals surface area contributed by atoms with Crippen molar-refractivity contribution in [2.24, 2.45) is 0 Å². The summed E-state index contributed by atoms with van der Waals surface area (Å²) in [6, 6.07) is 3.63. The smallest absolute Gasteiger partial charge is 0.146 e. The van der Waals surface area contributed by atoms with E-state index in [1.54, 1.807) is 12.3 Å². The van der Waals surface area contributed by atoms with Gasteiger partial charge in [0.2, 0.25) is 0 Å². The molecule has 0 aliphatic heterocycles. The molecular weight excluding hydrogens is 210 g/mol. The third kappa shape index (κ3) is 2.84. The van der Waals surface area contributed by atoms with Gasteiger partial charge in [0, 0.05) is 11.7 Å².